The molecule has 0 aliphatic heterocycles. The zero-order valence-electron chi connectivity index (χ0n) is 19.9. The summed E-state index contributed by atoms with van der Waals surface area (Å²) in [5, 5.41) is 0. The lowest BCUT2D eigenvalue weighted by Gasteiger charge is -2.60. The minimum Gasteiger partial charge on any atom is -0.450 e. The maximum atomic E-state index is 17.1. The van der Waals surface area contributed by atoms with Crippen LogP contribution in [0.5, 0.6) is 0 Å². The highest BCUT2D eigenvalue weighted by Gasteiger charge is 2.77. The molecule has 3 fully saturated rings. The van der Waals surface area contributed by atoms with Gasteiger partial charge in [0.1, 0.15) is 0 Å². The number of carbonyl (C=O) groups excluding carboxylic acids is 4. The second-order valence-electron chi connectivity index (χ2n) is 11.1. The van der Waals surface area contributed by atoms with Gasteiger partial charge in [0.25, 0.3) is 0 Å². The molecule has 4 aliphatic rings. The van der Waals surface area contributed by atoms with E-state index in [2.05, 4.69) is 0 Å². The van der Waals surface area contributed by atoms with Crippen LogP contribution in [0.25, 0.3) is 0 Å². The molecule has 0 aromatic rings. The average molecular weight is 479 g/mol. The Kier molecular flexibility index (Phi) is 5.59. The summed E-state index contributed by atoms with van der Waals surface area (Å²) in [7, 11) is 0. The van der Waals surface area contributed by atoms with Crippen LogP contribution in [0, 0.1) is 34.5 Å². The molecule has 4 aliphatic carbocycles. The Hall–Kier alpha value is -1.82. The van der Waals surface area contributed by atoms with Crippen molar-refractivity contribution in [3.05, 3.63) is 23.8 Å². The average Bonchev–Trinajstić information content (AvgIpc) is 2.96. The first-order valence-electron chi connectivity index (χ1n) is 11.8. The molecule has 7 atom stereocenters. The molecule has 0 heterocycles. The zero-order chi connectivity index (χ0) is 24.6. The molecule has 0 aromatic carbocycles. The Morgan fingerprint density at radius 3 is 2.52 bits per heavy atom. The number of rotatable bonds is 4. The fraction of sp³-hybridized carbons (Fsp3) is 0.692. The lowest BCUT2D eigenvalue weighted by atomic mass is 9.45. The van der Waals surface area contributed by atoms with Crippen molar-refractivity contribution in [1.82, 2.24) is 0 Å². The molecule has 0 radical (unpaired) electrons. The van der Waals surface area contributed by atoms with Gasteiger partial charge in [0.05, 0.1) is 11.8 Å². The second-order valence-corrected chi connectivity index (χ2v) is 11.4. The molecular weight excluding hydrogens is 447 g/mol. The van der Waals surface area contributed by atoms with E-state index in [9.17, 15) is 19.2 Å². The van der Waals surface area contributed by atoms with Crippen molar-refractivity contribution >= 4 is 34.9 Å². The van der Waals surface area contributed by atoms with Gasteiger partial charge in [-0.05, 0) is 44.3 Å². The van der Waals surface area contributed by atoms with E-state index in [1.165, 1.54) is 12.2 Å². The van der Waals surface area contributed by atoms with Gasteiger partial charge in [-0.3, -0.25) is 19.2 Å². The fourth-order valence-corrected chi connectivity index (χ4v) is 7.70. The second kappa shape index (κ2) is 7.59. The number of Topliss-reactive ketones (excluding diaryl/α,β-unsaturated/α-hetero) is 2. The molecular formula is C26H32ClFO5. The number of ether oxygens (including phenoxy) is 1. The highest BCUT2D eigenvalue weighted by Crippen LogP contribution is 2.70. The SMILES string of the molecule is CC(C)C(=O)O[C@]1(C(=O)CCl)[C@@H](C)CC2[C@@H]3CCC4=CC(=O)C=C[C@]4(C)[C@@]3(F)C(=O)CC21C. The van der Waals surface area contributed by atoms with E-state index in [4.69, 9.17) is 16.3 Å². The topological polar surface area (TPSA) is 77.5 Å². The maximum absolute atomic E-state index is 17.1. The zero-order valence-corrected chi connectivity index (χ0v) is 20.6. The molecule has 0 saturated heterocycles. The smallest absolute Gasteiger partial charge is 0.309 e. The Bertz CT molecular complexity index is 1000. The highest BCUT2D eigenvalue weighted by atomic mass is 35.5. The van der Waals surface area contributed by atoms with Crippen LogP contribution in [0.3, 0.4) is 0 Å². The van der Waals surface area contributed by atoms with Gasteiger partial charge in [0, 0.05) is 29.1 Å². The van der Waals surface area contributed by atoms with Crippen LogP contribution in [0.2, 0.25) is 0 Å². The number of carbonyl (C=O) groups is 4. The first-order valence-corrected chi connectivity index (χ1v) is 12.3. The van der Waals surface area contributed by atoms with Crippen LogP contribution >= 0.6 is 11.6 Å². The quantitative estimate of drug-likeness (QED) is 0.437. The standard InChI is InChI=1S/C26H32ClFO5/c1-14(2)22(32)33-26(21(31)13-27)15(3)10-19-18-7-6-16-11-17(29)8-9-23(16,4)25(18,28)20(30)12-24(19,26)5/h8-9,11,14-15,18-19H,6-7,10,12-13H2,1-5H3/t15-,18-,19?,23-,24?,25-,26-/m0/s1. The number of alkyl halides is 2. The van der Waals surface area contributed by atoms with Gasteiger partial charge >= 0.3 is 5.97 Å². The number of hydrogen-bond acceptors (Lipinski definition) is 5. The molecule has 4 rings (SSSR count). The van der Waals surface area contributed by atoms with Gasteiger partial charge in [-0.2, -0.15) is 0 Å². The number of halogens is 2. The van der Waals surface area contributed by atoms with Crippen LogP contribution in [0.1, 0.15) is 60.3 Å². The Morgan fingerprint density at radius 2 is 1.91 bits per heavy atom. The Morgan fingerprint density at radius 1 is 1.24 bits per heavy atom. The molecule has 0 aromatic heterocycles. The van der Waals surface area contributed by atoms with Crippen LogP contribution in [-0.4, -0.2) is 40.5 Å². The van der Waals surface area contributed by atoms with Crippen molar-refractivity contribution in [3.8, 4) is 0 Å². The van der Waals surface area contributed by atoms with E-state index in [-0.39, 0.29) is 24.0 Å². The summed E-state index contributed by atoms with van der Waals surface area (Å²) < 4.78 is 23.1. The predicted octanol–water partition coefficient (Wildman–Crippen LogP) is 4.56. The first-order chi connectivity index (χ1) is 15.3. The third kappa shape index (κ3) is 2.88. The minimum absolute atomic E-state index is 0.195. The number of ketones is 3. The normalized spacial score (nSPS) is 44.1. The number of hydrogen-bond donors (Lipinski definition) is 0. The molecule has 7 heteroatoms. The van der Waals surface area contributed by atoms with E-state index in [1.807, 2.05) is 6.92 Å². The minimum atomic E-state index is -2.19. The molecule has 0 amide bonds. The molecule has 0 spiro atoms. The summed E-state index contributed by atoms with van der Waals surface area (Å²) in [6.45, 7) is 8.70. The predicted molar refractivity (Wildman–Crippen MR) is 121 cm³/mol. The molecule has 0 bridgehead atoms. The summed E-state index contributed by atoms with van der Waals surface area (Å²) in [5.74, 6) is -4.00. The van der Waals surface area contributed by atoms with Crippen LogP contribution in [0.15, 0.2) is 23.8 Å². The Balaban J connectivity index is 1.86. The van der Waals surface area contributed by atoms with Crippen molar-refractivity contribution in [2.75, 3.05) is 5.88 Å². The van der Waals surface area contributed by atoms with Gasteiger partial charge in [0.2, 0.25) is 0 Å². The van der Waals surface area contributed by atoms with E-state index in [1.54, 1.807) is 33.8 Å². The summed E-state index contributed by atoms with van der Waals surface area (Å²) in [6.07, 6.45) is 5.46. The van der Waals surface area contributed by atoms with Crippen molar-refractivity contribution in [2.24, 2.45) is 34.5 Å². The fourth-order valence-electron chi connectivity index (χ4n) is 7.50. The summed E-state index contributed by atoms with van der Waals surface area (Å²) in [5.41, 5.74) is -5.40. The third-order valence-electron chi connectivity index (χ3n) is 9.21. The van der Waals surface area contributed by atoms with E-state index >= 15 is 4.39 Å². The lowest BCUT2D eigenvalue weighted by molar-refractivity contribution is -0.203. The highest BCUT2D eigenvalue weighted by molar-refractivity contribution is 6.29. The first kappa shape index (κ1) is 24.3. The van der Waals surface area contributed by atoms with Crippen molar-refractivity contribution in [1.29, 1.82) is 0 Å². The van der Waals surface area contributed by atoms with Gasteiger partial charge in [0.15, 0.2) is 28.6 Å². The summed E-state index contributed by atoms with van der Waals surface area (Å²) in [6, 6.07) is 0. The monoisotopic (exact) mass is 478 g/mol. The van der Waals surface area contributed by atoms with Crippen LogP contribution in [-0.2, 0) is 23.9 Å². The van der Waals surface area contributed by atoms with Gasteiger partial charge in [-0.1, -0.05) is 39.3 Å². The van der Waals surface area contributed by atoms with Gasteiger partial charge in [-0.25, -0.2) is 4.39 Å². The van der Waals surface area contributed by atoms with Gasteiger partial charge < -0.3 is 4.74 Å². The van der Waals surface area contributed by atoms with Gasteiger partial charge in [-0.15, -0.1) is 11.6 Å². The number of allylic oxidation sites excluding steroid dienone is 4. The summed E-state index contributed by atoms with van der Waals surface area (Å²) >= 11 is 6.02. The van der Waals surface area contributed by atoms with Crippen LogP contribution in [0.4, 0.5) is 4.39 Å². The Labute approximate surface area is 199 Å². The number of fused-ring (bicyclic) bond motifs is 5. The van der Waals surface area contributed by atoms with E-state index < -0.39 is 57.4 Å². The molecule has 3 saturated carbocycles. The molecule has 0 N–H and O–H groups in total. The molecule has 33 heavy (non-hydrogen) atoms. The molecule has 5 nitrogen and oxygen atoms in total. The third-order valence-corrected chi connectivity index (χ3v) is 9.45. The lowest BCUT2D eigenvalue weighted by Crippen LogP contribution is -2.68. The van der Waals surface area contributed by atoms with Crippen molar-refractivity contribution < 1.29 is 28.3 Å². The largest absolute Gasteiger partial charge is 0.450 e. The van der Waals surface area contributed by atoms with Crippen LogP contribution < -0.4 is 0 Å². The molecule has 180 valence electrons. The number of esters is 1. The van der Waals surface area contributed by atoms with Crippen molar-refractivity contribution in [2.45, 2.75) is 71.6 Å². The maximum Gasteiger partial charge on any atom is 0.309 e. The van der Waals surface area contributed by atoms with E-state index in [0.29, 0.717) is 24.8 Å². The molecule has 2 unspecified atom stereocenters. The van der Waals surface area contributed by atoms with E-state index in [0.717, 1.165) is 0 Å². The summed E-state index contributed by atoms with van der Waals surface area (Å²) in [4.78, 5) is 51.8. The van der Waals surface area contributed by atoms with Crippen molar-refractivity contribution in [3.63, 3.8) is 0 Å².